The predicted molar refractivity (Wildman–Crippen MR) is 386 cm³/mol. The summed E-state index contributed by atoms with van der Waals surface area (Å²) in [4.78, 5) is 72.8. The van der Waals surface area contributed by atoms with Gasteiger partial charge in [-0.3, -0.25) is 37.3 Å². The van der Waals surface area contributed by atoms with E-state index in [-0.39, 0.29) is 25.7 Å². The number of phosphoric ester groups is 2. The van der Waals surface area contributed by atoms with Crippen molar-refractivity contribution in [1.82, 2.24) is 0 Å². The van der Waals surface area contributed by atoms with E-state index in [4.69, 9.17) is 37.0 Å². The van der Waals surface area contributed by atoms with Gasteiger partial charge in [0.05, 0.1) is 26.4 Å². The lowest BCUT2D eigenvalue weighted by atomic mass is 9.99. The molecular weight excluding hydrogens is 1250 g/mol. The van der Waals surface area contributed by atoms with Crippen LogP contribution >= 0.6 is 15.6 Å². The molecule has 0 spiro atoms. The Balaban J connectivity index is 5.27. The van der Waals surface area contributed by atoms with Crippen molar-refractivity contribution in [3.8, 4) is 0 Å². The summed E-state index contributed by atoms with van der Waals surface area (Å²) in [7, 11) is -9.91. The van der Waals surface area contributed by atoms with E-state index in [1.165, 1.54) is 180 Å². The van der Waals surface area contributed by atoms with Crippen molar-refractivity contribution in [2.45, 2.75) is 401 Å². The van der Waals surface area contributed by atoms with Gasteiger partial charge in [0.15, 0.2) is 12.2 Å². The minimum atomic E-state index is -4.96. The minimum Gasteiger partial charge on any atom is -0.462 e. The molecule has 19 heteroatoms. The maximum Gasteiger partial charge on any atom is 0.472 e. The molecule has 7 atom stereocenters. The number of rotatable bonds is 73. The van der Waals surface area contributed by atoms with Crippen molar-refractivity contribution in [3.05, 3.63) is 0 Å². The first-order chi connectivity index (χ1) is 45.7. The second kappa shape index (κ2) is 65.4. The van der Waals surface area contributed by atoms with Gasteiger partial charge < -0.3 is 33.8 Å². The fraction of sp³-hybridized carbons (Fsp3) is 0.947. The summed E-state index contributed by atoms with van der Waals surface area (Å²) in [6, 6.07) is 0. The minimum absolute atomic E-state index is 0.105. The summed E-state index contributed by atoms with van der Waals surface area (Å²) in [5.41, 5.74) is 0. The number of hydrogen-bond acceptors (Lipinski definition) is 15. The number of carbonyl (C=O) groups excluding carboxylic acids is 4. The molecule has 3 N–H and O–H groups in total. The highest BCUT2D eigenvalue weighted by atomic mass is 31.2. The Kier molecular flexibility index (Phi) is 64.0. The molecular formula is C76H148O17P2. The highest BCUT2D eigenvalue weighted by Gasteiger charge is 2.30. The average molecular weight is 1400 g/mol. The summed E-state index contributed by atoms with van der Waals surface area (Å²) in [6.45, 7) is 14.2. The van der Waals surface area contributed by atoms with E-state index in [0.29, 0.717) is 25.7 Å². The molecule has 4 unspecified atom stereocenters. The molecule has 0 radical (unpaired) electrons. The standard InChI is InChI=1S/C76H148O17P2/c1-9-68(7)54-46-38-30-24-20-21-27-33-43-51-59-76(81)93-72(63-87-74(79)57-49-41-35-34-39-47-55-69(8)10-2)65-91-95(84,85)89-61-70(77)60-88-94(82,83)90-64-71(62-86-73(78)56-48-40-31-25-19-15-17-23-29-37-45-53-67(5)6)92-75(80)58-50-42-32-26-18-14-12-11-13-16-22-28-36-44-52-66(3)4/h66-72,77H,9-65H2,1-8H3,(H,82,83)(H,84,85)/t68?,69?,70-,71-,72-/m1/s1. The predicted octanol–water partition coefficient (Wildman–Crippen LogP) is 22.0. The van der Waals surface area contributed by atoms with Crippen LogP contribution in [-0.4, -0.2) is 96.7 Å². The van der Waals surface area contributed by atoms with Crippen LogP contribution in [0.2, 0.25) is 0 Å². The maximum atomic E-state index is 13.1. The molecule has 0 bridgehead atoms. The summed E-state index contributed by atoms with van der Waals surface area (Å²) in [5, 5.41) is 10.6. The molecule has 17 nitrogen and oxygen atoms in total. The average Bonchev–Trinajstić information content (AvgIpc) is 1.36. The Morgan fingerprint density at radius 3 is 0.747 bits per heavy atom. The van der Waals surface area contributed by atoms with E-state index in [1.54, 1.807) is 0 Å². The number of ether oxygens (including phenoxy) is 4. The second-order valence-corrected chi connectivity index (χ2v) is 31.7. The highest BCUT2D eigenvalue weighted by Crippen LogP contribution is 2.45. The third-order valence-corrected chi connectivity index (χ3v) is 20.2. The van der Waals surface area contributed by atoms with E-state index in [2.05, 4.69) is 55.4 Å². The Hall–Kier alpha value is -1.94. The second-order valence-electron chi connectivity index (χ2n) is 28.8. The number of phosphoric acid groups is 2. The van der Waals surface area contributed by atoms with Crippen LogP contribution in [-0.2, 0) is 65.4 Å². The van der Waals surface area contributed by atoms with Crippen molar-refractivity contribution in [1.29, 1.82) is 0 Å². The number of unbranched alkanes of at least 4 members (excludes halogenated alkanes) is 37. The monoisotopic (exact) mass is 1400 g/mol. The molecule has 0 aromatic heterocycles. The zero-order valence-corrected chi connectivity index (χ0v) is 64.1. The number of hydrogen-bond donors (Lipinski definition) is 3. The van der Waals surface area contributed by atoms with Crippen LogP contribution in [0.3, 0.4) is 0 Å². The van der Waals surface area contributed by atoms with Gasteiger partial charge in [0, 0.05) is 25.7 Å². The van der Waals surface area contributed by atoms with Crippen LogP contribution in [0, 0.1) is 23.7 Å². The van der Waals surface area contributed by atoms with Crippen molar-refractivity contribution < 1.29 is 80.2 Å². The lowest BCUT2D eigenvalue weighted by Gasteiger charge is -2.21. The fourth-order valence-electron chi connectivity index (χ4n) is 11.5. The van der Waals surface area contributed by atoms with E-state index in [1.807, 2.05) is 0 Å². The molecule has 0 fully saturated rings. The number of esters is 4. The van der Waals surface area contributed by atoms with Crippen LogP contribution in [0.25, 0.3) is 0 Å². The van der Waals surface area contributed by atoms with Gasteiger partial charge in [0.2, 0.25) is 0 Å². The molecule has 564 valence electrons. The van der Waals surface area contributed by atoms with Crippen LogP contribution < -0.4 is 0 Å². The van der Waals surface area contributed by atoms with Crippen molar-refractivity contribution >= 4 is 39.5 Å². The lowest BCUT2D eigenvalue weighted by Crippen LogP contribution is -2.30. The molecule has 0 saturated carbocycles. The normalized spacial score (nSPS) is 14.7. The molecule has 0 aliphatic heterocycles. The molecule has 0 aliphatic rings. The zero-order chi connectivity index (χ0) is 70.3. The molecule has 0 aromatic rings. The SMILES string of the molecule is CCC(C)CCCCCCCCCCCCC(=O)O[C@H](COC(=O)CCCCCCCCC(C)CC)COP(=O)(O)OC[C@H](O)COP(=O)(O)OC[C@@H](COC(=O)CCCCCCCCCCCCCC(C)C)OC(=O)CCCCCCCCCCCCCCCCC(C)C. The van der Waals surface area contributed by atoms with Gasteiger partial charge in [-0.15, -0.1) is 0 Å². The first kappa shape index (κ1) is 93.1. The Bertz CT molecular complexity index is 1870. The largest absolute Gasteiger partial charge is 0.472 e. The first-order valence-electron chi connectivity index (χ1n) is 39.3. The van der Waals surface area contributed by atoms with Gasteiger partial charge in [-0.05, 0) is 49.4 Å². The van der Waals surface area contributed by atoms with Crippen LogP contribution in [0.5, 0.6) is 0 Å². The maximum absolute atomic E-state index is 13.1. The Morgan fingerprint density at radius 2 is 0.505 bits per heavy atom. The van der Waals surface area contributed by atoms with E-state index >= 15 is 0 Å². The number of aliphatic hydroxyl groups is 1. The number of carbonyl (C=O) groups is 4. The summed E-state index contributed by atoms with van der Waals surface area (Å²) < 4.78 is 68.5. The first-order valence-corrected chi connectivity index (χ1v) is 42.3. The molecule has 0 heterocycles. The van der Waals surface area contributed by atoms with Gasteiger partial charge in [0.25, 0.3) is 0 Å². The van der Waals surface area contributed by atoms with Crippen LogP contribution in [0.4, 0.5) is 0 Å². The van der Waals surface area contributed by atoms with Gasteiger partial charge in [-0.1, -0.05) is 331 Å². The van der Waals surface area contributed by atoms with E-state index in [0.717, 1.165) is 120 Å². The van der Waals surface area contributed by atoms with Crippen LogP contribution in [0.1, 0.15) is 383 Å². The lowest BCUT2D eigenvalue weighted by molar-refractivity contribution is -0.161. The van der Waals surface area contributed by atoms with Crippen molar-refractivity contribution in [2.75, 3.05) is 39.6 Å². The van der Waals surface area contributed by atoms with E-state index in [9.17, 15) is 43.2 Å². The fourth-order valence-corrected chi connectivity index (χ4v) is 13.1. The Labute approximate surface area is 581 Å². The zero-order valence-electron chi connectivity index (χ0n) is 62.3. The topological polar surface area (TPSA) is 237 Å². The van der Waals surface area contributed by atoms with Gasteiger partial charge in [-0.2, -0.15) is 0 Å². The summed E-state index contributed by atoms with van der Waals surface area (Å²) in [5.74, 6) is 0.979. The van der Waals surface area contributed by atoms with Crippen molar-refractivity contribution in [2.24, 2.45) is 23.7 Å². The molecule has 0 saturated heterocycles. The van der Waals surface area contributed by atoms with Crippen LogP contribution in [0.15, 0.2) is 0 Å². The molecule has 0 amide bonds. The summed E-state index contributed by atoms with van der Waals surface area (Å²) >= 11 is 0. The quantitative estimate of drug-likeness (QED) is 0.0222. The molecule has 0 rings (SSSR count). The smallest absolute Gasteiger partial charge is 0.462 e. The molecule has 0 aliphatic carbocycles. The van der Waals surface area contributed by atoms with Crippen molar-refractivity contribution in [3.63, 3.8) is 0 Å². The molecule has 95 heavy (non-hydrogen) atoms. The summed E-state index contributed by atoms with van der Waals surface area (Å²) in [6.07, 6.45) is 49.8. The van der Waals surface area contributed by atoms with Gasteiger partial charge in [-0.25, -0.2) is 9.13 Å². The van der Waals surface area contributed by atoms with E-state index < -0.39 is 97.5 Å². The van der Waals surface area contributed by atoms with Gasteiger partial charge >= 0.3 is 39.5 Å². The third kappa shape index (κ3) is 67.6. The Morgan fingerprint density at radius 1 is 0.295 bits per heavy atom. The molecule has 0 aromatic carbocycles. The van der Waals surface area contributed by atoms with Gasteiger partial charge in [0.1, 0.15) is 19.3 Å². The number of aliphatic hydroxyl groups excluding tert-OH is 1. The third-order valence-electron chi connectivity index (χ3n) is 18.3. The highest BCUT2D eigenvalue weighted by molar-refractivity contribution is 7.47.